The quantitative estimate of drug-likeness (QED) is 0.785. The summed E-state index contributed by atoms with van der Waals surface area (Å²) in [5.74, 6) is -0.141. The van der Waals surface area contributed by atoms with Crippen molar-refractivity contribution in [2.75, 3.05) is 29.9 Å². The zero-order valence-corrected chi connectivity index (χ0v) is 9.89. The zero-order chi connectivity index (χ0) is 12.0. The van der Waals surface area contributed by atoms with Crippen LogP contribution in [0.15, 0.2) is 24.3 Å². The van der Waals surface area contributed by atoms with Crippen LogP contribution in [0.5, 0.6) is 0 Å². The molecule has 2 aliphatic rings. The maximum Gasteiger partial charge on any atom is 0.259 e. The average Bonchev–Trinajstić information content (AvgIpc) is 3.09. The Hall–Kier alpha value is -1.55. The van der Waals surface area contributed by atoms with Gasteiger partial charge in [-0.2, -0.15) is 0 Å². The number of hydrogen-bond acceptors (Lipinski definition) is 3. The van der Waals surface area contributed by atoms with Gasteiger partial charge in [-0.25, -0.2) is 0 Å². The van der Waals surface area contributed by atoms with Crippen molar-refractivity contribution in [3.63, 3.8) is 0 Å². The summed E-state index contributed by atoms with van der Waals surface area (Å²) in [5.41, 5.74) is 0.881. The Kier molecular flexibility index (Phi) is 2.16. The van der Waals surface area contributed by atoms with Gasteiger partial charge in [-0.3, -0.25) is 4.79 Å². The summed E-state index contributed by atoms with van der Waals surface area (Å²) in [6, 6.07) is 7.84. The second kappa shape index (κ2) is 3.47. The lowest BCUT2D eigenvalue weighted by Gasteiger charge is -2.36. The van der Waals surface area contributed by atoms with Gasteiger partial charge in [-0.05, 0) is 25.0 Å². The van der Waals surface area contributed by atoms with E-state index < -0.39 is 5.60 Å². The Morgan fingerprint density at radius 1 is 1.24 bits per heavy atom. The maximum atomic E-state index is 12.2. The SMILES string of the molecule is CN1CCN(C(=O)C2(O)CC2)c2ccccc21. The van der Waals surface area contributed by atoms with Crippen LogP contribution in [0.1, 0.15) is 12.8 Å². The molecule has 0 bridgehead atoms. The van der Waals surface area contributed by atoms with Crippen molar-refractivity contribution < 1.29 is 9.90 Å². The monoisotopic (exact) mass is 232 g/mol. The number of rotatable bonds is 1. The van der Waals surface area contributed by atoms with Crippen LogP contribution in [-0.4, -0.2) is 36.8 Å². The number of benzene rings is 1. The lowest BCUT2D eigenvalue weighted by Crippen LogP contribution is -2.47. The summed E-state index contributed by atoms with van der Waals surface area (Å²) >= 11 is 0. The first-order chi connectivity index (χ1) is 8.12. The lowest BCUT2D eigenvalue weighted by atomic mass is 10.1. The van der Waals surface area contributed by atoms with E-state index in [9.17, 15) is 9.90 Å². The molecule has 1 aromatic rings. The zero-order valence-electron chi connectivity index (χ0n) is 9.89. The number of likely N-dealkylation sites (N-methyl/N-ethyl adjacent to an activating group) is 1. The molecule has 1 aromatic carbocycles. The summed E-state index contributed by atoms with van der Waals surface area (Å²) in [7, 11) is 2.02. The average molecular weight is 232 g/mol. The summed E-state index contributed by atoms with van der Waals surface area (Å²) < 4.78 is 0. The predicted octanol–water partition coefficient (Wildman–Crippen LogP) is 0.994. The molecular formula is C13H16N2O2. The van der Waals surface area contributed by atoms with E-state index in [4.69, 9.17) is 0 Å². The van der Waals surface area contributed by atoms with E-state index in [2.05, 4.69) is 4.90 Å². The third-order valence-corrected chi connectivity index (χ3v) is 3.61. The van der Waals surface area contributed by atoms with Crippen LogP contribution in [0, 0.1) is 0 Å². The van der Waals surface area contributed by atoms with Crippen molar-refractivity contribution in [3.05, 3.63) is 24.3 Å². The molecule has 0 saturated heterocycles. The highest BCUT2D eigenvalue weighted by Crippen LogP contribution is 2.40. The highest BCUT2D eigenvalue weighted by molar-refractivity contribution is 6.04. The number of nitrogens with zero attached hydrogens (tertiary/aromatic N) is 2. The van der Waals surface area contributed by atoms with Crippen LogP contribution < -0.4 is 9.80 Å². The Morgan fingerprint density at radius 2 is 1.88 bits per heavy atom. The highest BCUT2D eigenvalue weighted by Gasteiger charge is 2.51. The molecule has 0 spiro atoms. The maximum absolute atomic E-state index is 12.2. The molecule has 4 nitrogen and oxygen atoms in total. The minimum Gasteiger partial charge on any atom is -0.380 e. The van der Waals surface area contributed by atoms with Gasteiger partial charge in [0.15, 0.2) is 0 Å². The van der Waals surface area contributed by atoms with Gasteiger partial charge in [-0.15, -0.1) is 0 Å². The number of carbonyl (C=O) groups is 1. The van der Waals surface area contributed by atoms with Gasteiger partial charge in [0.1, 0.15) is 5.60 Å². The van der Waals surface area contributed by atoms with Gasteiger partial charge < -0.3 is 14.9 Å². The Morgan fingerprint density at radius 3 is 2.53 bits per heavy atom. The first-order valence-electron chi connectivity index (χ1n) is 5.96. The van der Waals surface area contributed by atoms with Crippen molar-refractivity contribution in [1.29, 1.82) is 0 Å². The number of anilines is 2. The van der Waals surface area contributed by atoms with Crippen LogP contribution in [0.25, 0.3) is 0 Å². The topological polar surface area (TPSA) is 43.8 Å². The third-order valence-electron chi connectivity index (χ3n) is 3.61. The summed E-state index contributed by atoms with van der Waals surface area (Å²) in [4.78, 5) is 16.1. The highest BCUT2D eigenvalue weighted by atomic mass is 16.3. The number of para-hydroxylation sites is 2. The van der Waals surface area contributed by atoms with Gasteiger partial charge in [0.05, 0.1) is 11.4 Å². The van der Waals surface area contributed by atoms with E-state index in [1.54, 1.807) is 4.90 Å². The van der Waals surface area contributed by atoms with E-state index in [-0.39, 0.29) is 5.91 Å². The summed E-state index contributed by atoms with van der Waals surface area (Å²) in [6.45, 7) is 1.45. The van der Waals surface area contributed by atoms with Crippen molar-refractivity contribution in [1.82, 2.24) is 0 Å². The number of fused-ring (bicyclic) bond motifs is 1. The van der Waals surface area contributed by atoms with E-state index in [0.717, 1.165) is 17.9 Å². The molecular weight excluding hydrogens is 216 g/mol. The second-order valence-electron chi connectivity index (χ2n) is 4.90. The molecule has 4 heteroatoms. The van der Waals surface area contributed by atoms with Crippen molar-refractivity contribution in [3.8, 4) is 0 Å². The molecule has 3 rings (SSSR count). The molecule has 0 unspecified atom stereocenters. The molecule has 1 aliphatic carbocycles. The standard InChI is InChI=1S/C13H16N2O2/c1-14-8-9-15(12(16)13(17)6-7-13)11-5-3-2-4-10(11)14/h2-5,17H,6-9H2,1H3. The molecule has 90 valence electrons. The van der Waals surface area contributed by atoms with E-state index in [1.165, 1.54) is 0 Å². The van der Waals surface area contributed by atoms with Crippen LogP contribution >= 0.6 is 0 Å². The van der Waals surface area contributed by atoms with Gasteiger partial charge in [0.2, 0.25) is 0 Å². The number of amides is 1. The lowest BCUT2D eigenvalue weighted by molar-refractivity contribution is -0.128. The predicted molar refractivity (Wildman–Crippen MR) is 66.2 cm³/mol. The van der Waals surface area contributed by atoms with Crippen molar-refractivity contribution in [2.24, 2.45) is 0 Å². The van der Waals surface area contributed by atoms with Gasteiger partial charge >= 0.3 is 0 Å². The molecule has 1 N–H and O–H groups in total. The second-order valence-corrected chi connectivity index (χ2v) is 4.90. The number of carbonyl (C=O) groups excluding carboxylic acids is 1. The van der Waals surface area contributed by atoms with E-state index in [1.807, 2.05) is 31.3 Å². The molecule has 1 saturated carbocycles. The summed E-state index contributed by atoms with van der Waals surface area (Å²) in [6.07, 6.45) is 1.20. The Bertz CT molecular complexity index is 468. The molecule has 17 heavy (non-hydrogen) atoms. The normalized spacial score (nSPS) is 21.1. The molecule has 1 fully saturated rings. The Labute approximate surface area is 100 Å². The van der Waals surface area contributed by atoms with Crippen LogP contribution in [0.4, 0.5) is 11.4 Å². The third kappa shape index (κ3) is 1.60. The fraction of sp³-hybridized carbons (Fsp3) is 0.462. The number of aliphatic hydroxyl groups is 1. The fourth-order valence-corrected chi connectivity index (χ4v) is 2.30. The molecule has 1 amide bonds. The molecule has 0 aromatic heterocycles. The first kappa shape index (κ1) is 10.6. The van der Waals surface area contributed by atoms with Crippen LogP contribution in [0.3, 0.4) is 0 Å². The minimum absolute atomic E-state index is 0.141. The van der Waals surface area contributed by atoms with Gasteiger partial charge in [-0.1, -0.05) is 12.1 Å². The largest absolute Gasteiger partial charge is 0.380 e. The van der Waals surface area contributed by atoms with Crippen molar-refractivity contribution >= 4 is 17.3 Å². The van der Waals surface area contributed by atoms with Crippen LogP contribution in [-0.2, 0) is 4.79 Å². The summed E-state index contributed by atoms with van der Waals surface area (Å²) in [5, 5.41) is 9.94. The molecule has 0 atom stereocenters. The first-order valence-corrected chi connectivity index (χ1v) is 5.96. The molecule has 1 heterocycles. The Balaban J connectivity index is 1.98. The molecule has 0 radical (unpaired) electrons. The van der Waals surface area contributed by atoms with Gasteiger partial charge in [0.25, 0.3) is 5.91 Å². The van der Waals surface area contributed by atoms with E-state index >= 15 is 0 Å². The van der Waals surface area contributed by atoms with Gasteiger partial charge in [0, 0.05) is 20.1 Å². The van der Waals surface area contributed by atoms with Crippen LogP contribution in [0.2, 0.25) is 0 Å². The minimum atomic E-state index is -1.08. The number of hydrogen-bond donors (Lipinski definition) is 1. The van der Waals surface area contributed by atoms with E-state index in [0.29, 0.717) is 19.4 Å². The molecule has 1 aliphatic heterocycles. The van der Waals surface area contributed by atoms with Crippen molar-refractivity contribution in [2.45, 2.75) is 18.4 Å². The smallest absolute Gasteiger partial charge is 0.259 e. The fourth-order valence-electron chi connectivity index (χ4n) is 2.30.